The summed E-state index contributed by atoms with van der Waals surface area (Å²) in [5.74, 6) is 1.23. The quantitative estimate of drug-likeness (QED) is 0.848. The minimum absolute atomic E-state index is 0.0163. The molecular weight excluding hydrogens is 304 g/mol. The number of para-hydroxylation sites is 1. The summed E-state index contributed by atoms with van der Waals surface area (Å²) in [6.45, 7) is 0.761. The first kappa shape index (κ1) is 16.3. The van der Waals surface area contributed by atoms with Gasteiger partial charge in [0, 0.05) is 18.8 Å². The molecular formula is C19H22N2O3. The highest BCUT2D eigenvalue weighted by Gasteiger charge is 2.31. The summed E-state index contributed by atoms with van der Waals surface area (Å²) >= 11 is 0. The van der Waals surface area contributed by atoms with Crippen molar-refractivity contribution in [3.05, 3.63) is 53.7 Å². The van der Waals surface area contributed by atoms with Gasteiger partial charge in [-0.1, -0.05) is 18.2 Å². The largest absolute Gasteiger partial charge is 0.496 e. The monoisotopic (exact) mass is 326 g/mol. The molecule has 0 bridgehead atoms. The molecule has 5 nitrogen and oxygen atoms in total. The molecule has 1 aliphatic heterocycles. The average molecular weight is 326 g/mol. The zero-order valence-electron chi connectivity index (χ0n) is 14.1. The van der Waals surface area contributed by atoms with E-state index in [1.807, 2.05) is 23.1 Å². The maximum Gasteiger partial charge on any atom is 0.259 e. The first-order valence-electron chi connectivity index (χ1n) is 8.16. The molecule has 1 aromatic heterocycles. The Balaban J connectivity index is 1.81. The lowest BCUT2D eigenvalue weighted by Gasteiger charge is -2.26. The third-order valence-electron chi connectivity index (χ3n) is 4.48. The number of hydrogen-bond donors (Lipinski definition) is 0. The van der Waals surface area contributed by atoms with E-state index >= 15 is 0 Å². The minimum Gasteiger partial charge on any atom is -0.496 e. The summed E-state index contributed by atoms with van der Waals surface area (Å²) in [5, 5.41) is 0. The van der Waals surface area contributed by atoms with Crippen molar-refractivity contribution < 1.29 is 14.3 Å². The highest BCUT2D eigenvalue weighted by atomic mass is 16.5. The van der Waals surface area contributed by atoms with Crippen LogP contribution in [0.2, 0.25) is 0 Å². The SMILES string of the molecule is COc1ccccc1C[C@H]1CCCN1C(=O)c1cccnc1OC. The minimum atomic E-state index is -0.0163. The summed E-state index contributed by atoms with van der Waals surface area (Å²) in [6, 6.07) is 11.7. The molecule has 2 aromatic rings. The Hall–Kier alpha value is -2.56. The zero-order chi connectivity index (χ0) is 16.9. The highest BCUT2D eigenvalue weighted by Crippen LogP contribution is 2.28. The van der Waals surface area contributed by atoms with Gasteiger partial charge in [-0.2, -0.15) is 0 Å². The van der Waals surface area contributed by atoms with E-state index in [2.05, 4.69) is 11.1 Å². The molecule has 0 N–H and O–H groups in total. The van der Waals surface area contributed by atoms with Crippen LogP contribution in [0.15, 0.2) is 42.6 Å². The number of rotatable bonds is 5. The van der Waals surface area contributed by atoms with Crippen molar-refractivity contribution in [3.63, 3.8) is 0 Å². The van der Waals surface area contributed by atoms with Gasteiger partial charge < -0.3 is 14.4 Å². The summed E-state index contributed by atoms with van der Waals surface area (Å²) in [5.41, 5.74) is 1.65. The number of benzene rings is 1. The van der Waals surface area contributed by atoms with Crippen molar-refractivity contribution in [2.24, 2.45) is 0 Å². The highest BCUT2D eigenvalue weighted by molar-refractivity contribution is 5.96. The molecule has 0 unspecified atom stereocenters. The van der Waals surface area contributed by atoms with E-state index in [1.165, 1.54) is 7.11 Å². The van der Waals surface area contributed by atoms with Crippen molar-refractivity contribution in [1.29, 1.82) is 0 Å². The second kappa shape index (κ2) is 7.34. The van der Waals surface area contributed by atoms with Crippen molar-refractivity contribution in [1.82, 2.24) is 9.88 Å². The van der Waals surface area contributed by atoms with Crippen LogP contribution in [-0.4, -0.2) is 42.6 Å². The van der Waals surface area contributed by atoms with E-state index in [4.69, 9.17) is 9.47 Å². The van der Waals surface area contributed by atoms with E-state index in [0.29, 0.717) is 11.4 Å². The fourth-order valence-electron chi connectivity index (χ4n) is 3.31. The fraction of sp³-hybridized carbons (Fsp3) is 0.368. The van der Waals surface area contributed by atoms with Crippen LogP contribution in [0.3, 0.4) is 0 Å². The van der Waals surface area contributed by atoms with Gasteiger partial charge in [0.1, 0.15) is 11.3 Å². The van der Waals surface area contributed by atoms with Crippen LogP contribution >= 0.6 is 0 Å². The van der Waals surface area contributed by atoms with Gasteiger partial charge in [0.2, 0.25) is 5.88 Å². The molecule has 3 rings (SSSR count). The maximum absolute atomic E-state index is 13.0. The van der Waals surface area contributed by atoms with Gasteiger partial charge in [-0.15, -0.1) is 0 Å². The first-order chi connectivity index (χ1) is 11.7. The maximum atomic E-state index is 13.0. The molecule has 126 valence electrons. The summed E-state index contributed by atoms with van der Waals surface area (Å²) in [6.07, 6.45) is 4.42. The summed E-state index contributed by atoms with van der Waals surface area (Å²) in [7, 11) is 3.21. The van der Waals surface area contributed by atoms with Crippen LogP contribution in [0.1, 0.15) is 28.8 Å². The van der Waals surface area contributed by atoms with E-state index in [9.17, 15) is 4.79 Å². The Morgan fingerprint density at radius 3 is 2.83 bits per heavy atom. The van der Waals surface area contributed by atoms with Gasteiger partial charge in [0.05, 0.1) is 14.2 Å². The van der Waals surface area contributed by atoms with Crippen LogP contribution in [0, 0.1) is 0 Å². The topological polar surface area (TPSA) is 51.7 Å². The van der Waals surface area contributed by atoms with E-state index in [0.717, 1.165) is 37.1 Å². The predicted octanol–water partition coefficient (Wildman–Crippen LogP) is 2.95. The third kappa shape index (κ3) is 3.20. The number of aromatic nitrogens is 1. The predicted molar refractivity (Wildman–Crippen MR) is 91.5 cm³/mol. The molecule has 1 saturated heterocycles. The molecule has 0 aliphatic carbocycles. The van der Waals surface area contributed by atoms with Gasteiger partial charge in [-0.25, -0.2) is 4.98 Å². The second-order valence-electron chi connectivity index (χ2n) is 5.87. The van der Waals surface area contributed by atoms with E-state index in [1.54, 1.807) is 25.4 Å². The summed E-state index contributed by atoms with van der Waals surface area (Å²) < 4.78 is 10.7. The number of likely N-dealkylation sites (tertiary alicyclic amines) is 1. The lowest BCUT2D eigenvalue weighted by atomic mass is 10.0. The average Bonchev–Trinajstić information content (AvgIpc) is 3.09. The van der Waals surface area contributed by atoms with Crippen molar-refractivity contribution in [2.75, 3.05) is 20.8 Å². The lowest BCUT2D eigenvalue weighted by Crippen LogP contribution is -2.37. The molecule has 1 amide bonds. The number of ether oxygens (including phenoxy) is 2. The van der Waals surface area contributed by atoms with Gasteiger partial charge in [-0.3, -0.25) is 4.79 Å². The fourth-order valence-corrected chi connectivity index (χ4v) is 3.31. The number of hydrogen-bond acceptors (Lipinski definition) is 4. The molecule has 1 fully saturated rings. The van der Waals surface area contributed by atoms with Crippen molar-refractivity contribution >= 4 is 5.91 Å². The molecule has 1 aromatic carbocycles. The molecule has 0 spiro atoms. The molecule has 2 heterocycles. The molecule has 0 radical (unpaired) electrons. The third-order valence-corrected chi connectivity index (χ3v) is 4.48. The Morgan fingerprint density at radius 2 is 2.04 bits per heavy atom. The Morgan fingerprint density at radius 1 is 1.21 bits per heavy atom. The number of amides is 1. The standard InChI is InChI=1S/C19H22N2O3/c1-23-17-10-4-3-7-14(17)13-15-8-6-12-21(15)19(22)16-9-5-11-20-18(16)24-2/h3-5,7,9-11,15H,6,8,12-13H2,1-2H3/t15-/m1/s1. The number of pyridine rings is 1. The van der Waals surface area contributed by atoms with Crippen LogP contribution in [0.5, 0.6) is 11.6 Å². The van der Waals surface area contributed by atoms with E-state index < -0.39 is 0 Å². The smallest absolute Gasteiger partial charge is 0.259 e. The molecule has 5 heteroatoms. The van der Waals surface area contributed by atoms with Crippen LogP contribution in [-0.2, 0) is 6.42 Å². The molecule has 1 atom stereocenters. The lowest BCUT2D eigenvalue weighted by molar-refractivity contribution is 0.0731. The second-order valence-corrected chi connectivity index (χ2v) is 5.87. The number of carbonyl (C=O) groups is 1. The molecule has 24 heavy (non-hydrogen) atoms. The van der Waals surface area contributed by atoms with Crippen LogP contribution < -0.4 is 9.47 Å². The normalized spacial score (nSPS) is 16.9. The van der Waals surface area contributed by atoms with Gasteiger partial charge in [0.25, 0.3) is 5.91 Å². The van der Waals surface area contributed by atoms with Crippen LogP contribution in [0.4, 0.5) is 0 Å². The number of methoxy groups -OCH3 is 2. The molecule has 0 saturated carbocycles. The van der Waals surface area contributed by atoms with E-state index in [-0.39, 0.29) is 11.9 Å². The number of carbonyl (C=O) groups excluding carboxylic acids is 1. The Bertz CT molecular complexity index is 717. The zero-order valence-corrected chi connectivity index (χ0v) is 14.1. The first-order valence-corrected chi connectivity index (χ1v) is 8.16. The number of nitrogens with zero attached hydrogens (tertiary/aromatic N) is 2. The van der Waals surface area contributed by atoms with Crippen LogP contribution in [0.25, 0.3) is 0 Å². The Labute approximate surface area is 142 Å². The van der Waals surface area contributed by atoms with Gasteiger partial charge in [0.15, 0.2) is 0 Å². The van der Waals surface area contributed by atoms with Crippen molar-refractivity contribution in [2.45, 2.75) is 25.3 Å². The summed E-state index contributed by atoms with van der Waals surface area (Å²) in [4.78, 5) is 19.0. The Kier molecular flexibility index (Phi) is 4.99. The van der Waals surface area contributed by atoms with Gasteiger partial charge >= 0.3 is 0 Å². The molecule has 1 aliphatic rings. The van der Waals surface area contributed by atoms with Crippen molar-refractivity contribution in [3.8, 4) is 11.6 Å². The van der Waals surface area contributed by atoms with Gasteiger partial charge in [-0.05, 0) is 43.0 Å².